The van der Waals surface area contributed by atoms with E-state index in [-0.39, 0.29) is 0 Å². The van der Waals surface area contributed by atoms with Gasteiger partial charge in [-0.05, 0) is 12.1 Å². The second kappa shape index (κ2) is 5.69. The lowest BCUT2D eigenvalue weighted by molar-refractivity contribution is 0.356. The molecule has 7 heteroatoms. The molecule has 0 fully saturated rings. The normalized spacial score (nSPS) is 12.3. The van der Waals surface area contributed by atoms with Crippen LogP contribution in [0.15, 0.2) is 46.5 Å². The molecule has 1 atom stereocenters. The van der Waals surface area contributed by atoms with Gasteiger partial charge in [-0.15, -0.1) is 0 Å². The van der Waals surface area contributed by atoms with Crippen molar-refractivity contribution in [2.45, 2.75) is 10.1 Å². The topological polar surface area (TPSA) is 90.2 Å². The number of rotatable bonds is 4. The van der Waals surface area contributed by atoms with Crippen LogP contribution in [0.4, 0.5) is 5.69 Å². The number of nitrogens with two attached hydrogens (primary N) is 1. The first kappa shape index (κ1) is 14.4. The predicted octanol–water partition coefficient (Wildman–Crippen LogP) is 2.33. The van der Waals surface area contributed by atoms with E-state index < -0.39 is 10.8 Å². The first-order valence-corrected chi connectivity index (χ1v) is 7.67. The monoisotopic (exact) mass is 317 g/mol. The number of hydrogen-bond acceptors (Lipinski definition) is 5. The highest BCUT2D eigenvalue weighted by molar-refractivity contribution is 7.85. The van der Waals surface area contributed by atoms with Crippen LogP contribution < -0.4 is 15.2 Å². The molecule has 3 rings (SSSR count). The van der Waals surface area contributed by atoms with Gasteiger partial charge in [-0.1, -0.05) is 12.1 Å². The zero-order valence-corrected chi connectivity index (χ0v) is 12.9. The molecule has 3 N–H and O–H groups in total. The number of fused-ring (bicyclic) bond motifs is 1. The van der Waals surface area contributed by atoms with Crippen molar-refractivity contribution in [3.05, 3.63) is 36.4 Å². The Labute approximate surface area is 129 Å². The molecule has 0 amide bonds. The van der Waals surface area contributed by atoms with Crippen molar-refractivity contribution in [3.8, 4) is 11.5 Å². The van der Waals surface area contributed by atoms with Crippen LogP contribution in [0.1, 0.15) is 0 Å². The average Bonchev–Trinajstić information content (AvgIpc) is 2.96. The van der Waals surface area contributed by atoms with E-state index in [4.69, 9.17) is 15.2 Å². The van der Waals surface area contributed by atoms with Crippen molar-refractivity contribution >= 4 is 27.5 Å². The molecule has 6 nitrogen and oxygen atoms in total. The number of ether oxygens (including phenoxy) is 2. The molecule has 1 heterocycles. The molecule has 0 bridgehead atoms. The van der Waals surface area contributed by atoms with Gasteiger partial charge in [0.15, 0.2) is 11.5 Å². The summed E-state index contributed by atoms with van der Waals surface area (Å²) in [7, 11) is 1.63. The first-order chi connectivity index (χ1) is 10.6. The van der Waals surface area contributed by atoms with Crippen molar-refractivity contribution in [1.29, 1.82) is 0 Å². The third-order valence-corrected chi connectivity index (χ3v) is 4.58. The van der Waals surface area contributed by atoms with Crippen molar-refractivity contribution in [2.24, 2.45) is 0 Å². The fourth-order valence-corrected chi connectivity index (χ4v) is 3.23. The number of para-hydroxylation sites is 1. The summed E-state index contributed by atoms with van der Waals surface area (Å²) in [6, 6.07) is 10.5. The molecule has 0 saturated heterocycles. The summed E-state index contributed by atoms with van der Waals surface area (Å²) in [5, 5.41) is 0.336. The maximum absolute atomic E-state index is 12.6. The van der Waals surface area contributed by atoms with Crippen LogP contribution in [0, 0.1) is 0 Å². The van der Waals surface area contributed by atoms with Crippen LogP contribution in [0.5, 0.6) is 11.5 Å². The summed E-state index contributed by atoms with van der Waals surface area (Å²) in [6.45, 7) is 0. The number of hydrogen-bond donors (Lipinski definition) is 2. The summed E-state index contributed by atoms with van der Waals surface area (Å²) in [6.07, 6.45) is 0. The first-order valence-electron chi connectivity index (χ1n) is 6.52. The van der Waals surface area contributed by atoms with Crippen LogP contribution in [-0.4, -0.2) is 28.4 Å². The van der Waals surface area contributed by atoms with Crippen LogP contribution >= 0.6 is 0 Å². The number of nitrogen functional groups attached to an aromatic ring is 1. The molecule has 1 unspecified atom stereocenters. The van der Waals surface area contributed by atoms with Gasteiger partial charge >= 0.3 is 0 Å². The highest BCUT2D eigenvalue weighted by atomic mass is 32.2. The molecule has 114 valence electrons. The Morgan fingerprint density at radius 1 is 1.14 bits per heavy atom. The summed E-state index contributed by atoms with van der Waals surface area (Å²) in [4.78, 5) is 7.94. The highest BCUT2D eigenvalue weighted by Crippen LogP contribution is 2.32. The third kappa shape index (κ3) is 2.39. The minimum atomic E-state index is -1.48. The zero-order valence-electron chi connectivity index (χ0n) is 12.1. The number of imidazole rings is 1. The van der Waals surface area contributed by atoms with Gasteiger partial charge < -0.3 is 20.2 Å². The second-order valence-electron chi connectivity index (χ2n) is 4.57. The smallest absolute Gasteiger partial charge is 0.202 e. The van der Waals surface area contributed by atoms with Crippen molar-refractivity contribution in [1.82, 2.24) is 9.97 Å². The average molecular weight is 317 g/mol. The van der Waals surface area contributed by atoms with Gasteiger partial charge in [0.2, 0.25) is 5.16 Å². The van der Waals surface area contributed by atoms with Gasteiger partial charge in [0.1, 0.15) is 10.8 Å². The van der Waals surface area contributed by atoms with Gasteiger partial charge in [0.05, 0.1) is 30.1 Å². The van der Waals surface area contributed by atoms with E-state index in [1.165, 1.54) is 0 Å². The minimum Gasteiger partial charge on any atom is -0.493 e. The fourth-order valence-electron chi connectivity index (χ4n) is 2.15. The molecule has 0 aliphatic carbocycles. The molecule has 0 aliphatic rings. The zero-order chi connectivity index (χ0) is 15.7. The standard InChI is InChI=1S/C15H15N3O3S/c1-20-12-7-10-11(8-13(12)21-2)18-15(17-10)22(19)14-6-4-3-5-9(14)16/h3-8H,16H2,1-2H3,(H,17,18). The fraction of sp³-hybridized carbons (Fsp3) is 0.133. The van der Waals surface area contributed by atoms with E-state index in [9.17, 15) is 4.21 Å². The summed E-state index contributed by atoms with van der Waals surface area (Å²) in [5.74, 6) is 1.15. The maximum atomic E-state index is 12.6. The molecule has 0 spiro atoms. The molecule has 0 aliphatic heterocycles. The maximum Gasteiger partial charge on any atom is 0.202 e. The summed E-state index contributed by atoms with van der Waals surface area (Å²) < 4.78 is 23.1. The number of nitrogens with one attached hydrogen (secondary N) is 1. The third-order valence-electron chi connectivity index (χ3n) is 3.26. The lowest BCUT2D eigenvalue weighted by Crippen LogP contribution is -1.99. The summed E-state index contributed by atoms with van der Waals surface area (Å²) in [5.41, 5.74) is 7.71. The number of methoxy groups -OCH3 is 2. The lowest BCUT2D eigenvalue weighted by atomic mass is 10.3. The number of benzene rings is 2. The molecule has 1 aromatic heterocycles. The Balaban J connectivity index is 2.09. The molecule has 0 saturated carbocycles. The Morgan fingerprint density at radius 2 is 1.82 bits per heavy atom. The van der Waals surface area contributed by atoms with E-state index in [1.54, 1.807) is 50.6 Å². The van der Waals surface area contributed by atoms with E-state index in [0.29, 0.717) is 32.8 Å². The molecule has 2 aromatic carbocycles. The Hall–Kier alpha value is -2.54. The van der Waals surface area contributed by atoms with E-state index in [1.807, 2.05) is 0 Å². The highest BCUT2D eigenvalue weighted by Gasteiger charge is 2.16. The molecule has 3 aromatic rings. The number of aromatic nitrogens is 2. The van der Waals surface area contributed by atoms with E-state index in [2.05, 4.69) is 9.97 Å². The number of H-pyrrole nitrogens is 1. The Morgan fingerprint density at radius 3 is 2.50 bits per heavy atom. The largest absolute Gasteiger partial charge is 0.493 e. The molecular weight excluding hydrogens is 302 g/mol. The van der Waals surface area contributed by atoms with Crippen LogP contribution in [0.25, 0.3) is 11.0 Å². The second-order valence-corrected chi connectivity index (χ2v) is 5.94. The van der Waals surface area contributed by atoms with E-state index >= 15 is 0 Å². The lowest BCUT2D eigenvalue weighted by Gasteiger charge is -2.06. The minimum absolute atomic E-state index is 0.336. The molecule has 0 radical (unpaired) electrons. The van der Waals surface area contributed by atoms with Crippen LogP contribution in [-0.2, 0) is 10.8 Å². The van der Waals surface area contributed by atoms with Crippen LogP contribution in [0.2, 0.25) is 0 Å². The SMILES string of the molecule is COc1cc2nc(S(=O)c3ccccc3N)[nH]c2cc1OC. The van der Waals surface area contributed by atoms with Gasteiger partial charge in [0, 0.05) is 17.8 Å². The quantitative estimate of drug-likeness (QED) is 0.721. The number of anilines is 1. The summed E-state index contributed by atoms with van der Waals surface area (Å²) >= 11 is 0. The van der Waals surface area contributed by atoms with Crippen LogP contribution in [0.3, 0.4) is 0 Å². The van der Waals surface area contributed by atoms with Crippen molar-refractivity contribution in [3.63, 3.8) is 0 Å². The van der Waals surface area contributed by atoms with Gasteiger partial charge in [0.25, 0.3) is 0 Å². The Kier molecular flexibility index (Phi) is 3.72. The van der Waals surface area contributed by atoms with E-state index in [0.717, 1.165) is 5.52 Å². The molecule has 22 heavy (non-hydrogen) atoms. The van der Waals surface area contributed by atoms with Crippen molar-refractivity contribution in [2.75, 3.05) is 20.0 Å². The molecular formula is C15H15N3O3S. The van der Waals surface area contributed by atoms with Gasteiger partial charge in [-0.3, -0.25) is 0 Å². The van der Waals surface area contributed by atoms with Crippen molar-refractivity contribution < 1.29 is 13.7 Å². The van der Waals surface area contributed by atoms with Gasteiger partial charge in [-0.2, -0.15) is 0 Å². The number of aromatic amines is 1. The Bertz CT molecular complexity index is 819. The van der Waals surface area contributed by atoms with Gasteiger partial charge in [-0.25, -0.2) is 9.19 Å². The number of nitrogens with zero attached hydrogens (tertiary/aromatic N) is 1. The predicted molar refractivity (Wildman–Crippen MR) is 84.7 cm³/mol.